The molecular weight excluding hydrogens is 188 g/mol. The van der Waals surface area contributed by atoms with Gasteiger partial charge in [-0.2, -0.15) is 0 Å². The highest BCUT2D eigenvalue weighted by Crippen LogP contribution is 2.11. The second-order valence-electron chi connectivity index (χ2n) is 2.72. The monoisotopic (exact) mass is 200 g/mol. The molecule has 1 amide bonds. The van der Waals surface area contributed by atoms with Gasteiger partial charge in [-0.3, -0.25) is 4.79 Å². The lowest BCUT2D eigenvalue weighted by atomic mass is 10.2. The van der Waals surface area contributed by atoms with Gasteiger partial charge in [0.15, 0.2) is 0 Å². The molecule has 1 aromatic rings. The van der Waals surface area contributed by atoms with E-state index in [1.807, 2.05) is 31.2 Å². The lowest BCUT2D eigenvalue weighted by molar-refractivity contribution is -0.116. The van der Waals surface area contributed by atoms with E-state index in [1.165, 1.54) is 6.92 Å². The van der Waals surface area contributed by atoms with Gasteiger partial charge in [-0.25, -0.2) is 10.9 Å². The summed E-state index contributed by atoms with van der Waals surface area (Å²) in [4.78, 5) is 10.8. The zero-order chi connectivity index (χ0) is 9.14. The largest absolute Gasteiger partial charge is 0.273 e. The van der Waals surface area contributed by atoms with Crippen LogP contribution in [-0.4, -0.2) is 5.91 Å². The van der Waals surface area contributed by atoms with Crippen molar-refractivity contribution in [2.45, 2.75) is 13.8 Å². The molecule has 0 saturated carbocycles. The molecule has 0 unspecified atom stereocenters. The summed E-state index contributed by atoms with van der Waals surface area (Å²) in [7, 11) is 0. The average Bonchev–Trinajstić information content (AvgIpc) is 2.04. The highest BCUT2D eigenvalue weighted by atomic mass is 35.5. The van der Waals surface area contributed by atoms with Gasteiger partial charge in [-0.1, -0.05) is 17.7 Å². The molecule has 1 aromatic carbocycles. The zero-order valence-electron chi connectivity index (χ0n) is 7.65. The number of carbonyl (C=O) groups excluding carboxylic acids is 1. The molecule has 0 spiro atoms. The average molecular weight is 201 g/mol. The van der Waals surface area contributed by atoms with Crippen LogP contribution in [0.2, 0.25) is 0 Å². The van der Waals surface area contributed by atoms with Gasteiger partial charge >= 0.3 is 0 Å². The molecule has 0 heterocycles. The van der Waals surface area contributed by atoms with Crippen molar-refractivity contribution in [2.24, 2.45) is 5.84 Å². The van der Waals surface area contributed by atoms with E-state index in [0.717, 1.165) is 10.6 Å². The van der Waals surface area contributed by atoms with Crippen LogP contribution < -0.4 is 10.9 Å². The summed E-state index contributed by atoms with van der Waals surface area (Å²) in [6.07, 6.45) is 0. The van der Waals surface area contributed by atoms with Gasteiger partial charge in [-0.05, 0) is 19.1 Å². The molecular formula is C9H13ClN2O. The number of hydrazine groups is 1. The molecule has 0 saturated heterocycles. The quantitative estimate of drug-likeness (QED) is 0.426. The Morgan fingerprint density at radius 1 is 1.31 bits per heavy atom. The third-order valence-corrected chi connectivity index (χ3v) is 1.65. The maximum atomic E-state index is 10.8. The zero-order valence-corrected chi connectivity index (χ0v) is 8.47. The molecule has 72 valence electrons. The van der Waals surface area contributed by atoms with Gasteiger partial charge < -0.3 is 0 Å². The predicted octanol–water partition coefficient (Wildman–Crippen LogP) is 1.64. The summed E-state index contributed by atoms with van der Waals surface area (Å²) in [5.41, 5.74) is 1.86. The van der Waals surface area contributed by atoms with Crippen LogP contribution in [0.3, 0.4) is 0 Å². The summed E-state index contributed by atoms with van der Waals surface area (Å²) in [6.45, 7) is 3.41. The Balaban J connectivity index is 0.00000144. The van der Waals surface area contributed by atoms with Crippen molar-refractivity contribution in [1.82, 2.24) is 0 Å². The predicted molar refractivity (Wildman–Crippen MR) is 55.8 cm³/mol. The lowest BCUT2D eigenvalue weighted by Gasteiger charge is -2.13. The molecule has 3 nitrogen and oxygen atoms in total. The van der Waals surface area contributed by atoms with Crippen LogP contribution in [0.1, 0.15) is 12.5 Å². The fraction of sp³-hybridized carbons (Fsp3) is 0.222. The molecule has 0 fully saturated rings. The Morgan fingerprint density at radius 3 is 2.15 bits per heavy atom. The number of benzene rings is 1. The minimum Gasteiger partial charge on any atom is -0.273 e. The summed E-state index contributed by atoms with van der Waals surface area (Å²) < 4.78 is 0. The molecule has 0 radical (unpaired) electrons. The fourth-order valence-electron chi connectivity index (χ4n) is 0.887. The minimum absolute atomic E-state index is 0. The van der Waals surface area contributed by atoms with Gasteiger partial charge in [0.25, 0.3) is 0 Å². The van der Waals surface area contributed by atoms with E-state index >= 15 is 0 Å². The molecule has 0 bridgehead atoms. The van der Waals surface area contributed by atoms with Crippen LogP contribution in [0.4, 0.5) is 5.69 Å². The maximum Gasteiger partial charge on any atom is 0.238 e. The smallest absolute Gasteiger partial charge is 0.238 e. The van der Waals surface area contributed by atoms with Crippen LogP contribution >= 0.6 is 12.4 Å². The number of aryl methyl sites for hydroxylation is 1. The molecule has 2 N–H and O–H groups in total. The highest BCUT2D eigenvalue weighted by molar-refractivity contribution is 5.90. The normalized spacial score (nSPS) is 8.85. The van der Waals surface area contributed by atoms with Gasteiger partial charge in [0.1, 0.15) is 0 Å². The molecule has 0 aliphatic rings. The fourth-order valence-corrected chi connectivity index (χ4v) is 0.887. The van der Waals surface area contributed by atoms with E-state index in [4.69, 9.17) is 5.84 Å². The first-order valence-corrected chi connectivity index (χ1v) is 3.73. The van der Waals surface area contributed by atoms with E-state index in [-0.39, 0.29) is 18.3 Å². The number of rotatable bonds is 1. The second kappa shape index (κ2) is 4.84. The van der Waals surface area contributed by atoms with Crippen molar-refractivity contribution >= 4 is 24.0 Å². The summed E-state index contributed by atoms with van der Waals surface area (Å²) in [5, 5.41) is 1.12. The van der Waals surface area contributed by atoms with E-state index < -0.39 is 0 Å². The Bertz CT molecular complexity index is 284. The maximum absolute atomic E-state index is 10.8. The Morgan fingerprint density at radius 2 is 1.77 bits per heavy atom. The van der Waals surface area contributed by atoms with Crippen molar-refractivity contribution in [1.29, 1.82) is 0 Å². The first-order chi connectivity index (χ1) is 5.61. The number of amides is 1. The van der Waals surface area contributed by atoms with Crippen LogP contribution in [-0.2, 0) is 4.79 Å². The summed E-state index contributed by atoms with van der Waals surface area (Å²) in [5.74, 6) is 5.30. The van der Waals surface area contributed by atoms with Crippen LogP contribution in [0.25, 0.3) is 0 Å². The van der Waals surface area contributed by atoms with E-state index in [2.05, 4.69) is 0 Å². The SMILES string of the molecule is CC(=O)N(N)c1ccc(C)cc1.Cl. The number of halogens is 1. The van der Waals surface area contributed by atoms with Crippen molar-refractivity contribution in [3.63, 3.8) is 0 Å². The van der Waals surface area contributed by atoms with Crippen molar-refractivity contribution in [2.75, 3.05) is 5.01 Å². The molecule has 0 aromatic heterocycles. The number of anilines is 1. The van der Waals surface area contributed by atoms with Gasteiger partial charge in [0.05, 0.1) is 5.69 Å². The number of hydrogen-bond acceptors (Lipinski definition) is 2. The van der Waals surface area contributed by atoms with Crippen LogP contribution in [0, 0.1) is 6.92 Å². The first kappa shape index (κ1) is 11.9. The molecule has 0 aliphatic heterocycles. The first-order valence-electron chi connectivity index (χ1n) is 3.73. The molecule has 13 heavy (non-hydrogen) atoms. The van der Waals surface area contributed by atoms with E-state index in [1.54, 1.807) is 0 Å². The van der Waals surface area contributed by atoms with E-state index in [0.29, 0.717) is 5.69 Å². The minimum atomic E-state index is -0.168. The highest BCUT2D eigenvalue weighted by Gasteiger charge is 2.04. The third-order valence-electron chi connectivity index (χ3n) is 1.65. The van der Waals surface area contributed by atoms with Crippen LogP contribution in [0.15, 0.2) is 24.3 Å². The molecule has 0 atom stereocenters. The number of carbonyl (C=O) groups is 1. The number of nitrogens with two attached hydrogens (primary N) is 1. The van der Waals surface area contributed by atoms with Crippen LogP contribution in [0.5, 0.6) is 0 Å². The van der Waals surface area contributed by atoms with Crippen molar-refractivity contribution in [3.8, 4) is 0 Å². The summed E-state index contributed by atoms with van der Waals surface area (Å²) >= 11 is 0. The second-order valence-corrected chi connectivity index (χ2v) is 2.72. The van der Waals surface area contributed by atoms with Gasteiger partial charge in [0, 0.05) is 6.92 Å². The van der Waals surface area contributed by atoms with Gasteiger partial charge in [0.2, 0.25) is 5.91 Å². The number of nitrogens with zero attached hydrogens (tertiary/aromatic N) is 1. The standard InChI is InChI=1S/C9H12N2O.ClH/c1-7-3-5-9(6-4-7)11(10)8(2)12;/h3-6H,10H2,1-2H3;1H. The number of hydrogen-bond donors (Lipinski definition) is 1. The van der Waals surface area contributed by atoms with Gasteiger partial charge in [-0.15, -0.1) is 12.4 Å². The third kappa shape index (κ3) is 3.05. The van der Waals surface area contributed by atoms with Crippen molar-refractivity contribution < 1.29 is 4.79 Å². The lowest BCUT2D eigenvalue weighted by Crippen LogP contribution is -2.35. The Labute approximate surface area is 83.9 Å². The Hall–Kier alpha value is -1.06. The molecule has 1 rings (SSSR count). The molecule has 0 aliphatic carbocycles. The topological polar surface area (TPSA) is 46.3 Å². The summed E-state index contributed by atoms with van der Waals surface area (Å²) in [6, 6.07) is 7.46. The Kier molecular flexibility index (Phi) is 4.45. The van der Waals surface area contributed by atoms with Crippen molar-refractivity contribution in [3.05, 3.63) is 29.8 Å². The molecule has 4 heteroatoms. The van der Waals surface area contributed by atoms with E-state index in [9.17, 15) is 4.79 Å².